The molecule has 0 spiro atoms. The van der Waals surface area contributed by atoms with Crippen molar-refractivity contribution in [2.75, 3.05) is 6.26 Å². The van der Waals surface area contributed by atoms with Crippen LogP contribution in [0.3, 0.4) is 0 Å². The van der Waals surface area contributed by atoms with Crippen LogP contribution < -0.4 is 0 Å². The van der Waals surface area contributed by atoms with E-state index in [1.165, 1.54) is 0 Å². The Balaban J connectivity index is 2.90. The summed E-state index contributed by atoms with van der Waals surface area (Å²) in [6, 6.07) is 0. The molecule has 1 atom stereocenters. The molecule has 14 heavy (non-hydrogen) atoms. The zero-order chi connectivity index (χ0) is 11.0. The van der Waals surface area contributed by atoms with Crippen molar-refractivity contribution in [3.05, 3.63) is 11.6 Å². The molecule has 0 aliphatic heterocycles. The lowest BCUT2D eigenvalue weighted by Gasteiger charge is -2.11. The molecule has 80 valence electrons. The highest BCUT2D eigenvalue weighted by molar-refractivity contribution is 7.98. The van der Waals surface area contributed by atoms with Crippen LogP contribution in [0, 0.1) is 0 Å². The molecule has 0 aliphatic rings. The number of aromatic amines is 1. The van der Waals surface area contributed by atoms with Crippen LogP contribution in [0.4, 0.5) is 0 Å². The molecule has 1 heterocycles. The second-order valence-electron chi connectivity index (χ2n) is 4.68. The van der Waals surface area contributed by atoms with Gasteiger partial charge in [-0.15, -0.1) is 0 Å². The van der Waals surface area contributed by atoms with Gasteiger partial charge in [0.2, 0.25) is 0 Å². The van der Waals surface area contributed by atoms with Gasteiger partial charge in [0, 0.05) is 11.7 Å². The van der Waals surface area contributed by atoms with Crippen LogP contribution in [0.5, 0.6) is 0 Å². The number of rotatable bonds is 2. The van der Waals surface area contributed by atoms with E-state index in [1.807, 2.05) is 20.8 Å². The van der Waals surface area contributed by atoms with Crippen molar-refractivity contribution in [2.24, 2.45) is 0 Å². The van der Waals surface area contributed by atoms with E-state index in [0.29, 0.717) is 11.6 Å². The minimum Gasteiger partial charge on any atom is -0.268 e. The molecule has 0 saturated heterocycles. The monoisotopic (exact) mass is 215 g/mol. The van der Waals surface area contributed by atoms with E-state index in [0.717, 1.165) is 5.82 Å². The van der Waals surface area contributed by atoms with Gasteiger partial charge < -0.3 is 0 Å². The maximum absolute atomic E-state index is 11.4. The molecule has 0 fully saturated rings. The predicted molar refractivity (Wildman–Crippen MR) is 60.0 cm³/mol. The van der Waals surface area contributed by atoms with Gasteiger partial charge in [0.25, 0.3) is 0 Å². The maximum atomic E-state index is 11.4. The van der Waals surface area contributed by atoms with Crippen molar-refractivity contribution in [2.45, 2.75) is 31.9 Å². The Morgan fingerprint density at radius 3 is 2.43 bits per heavy atom. The van der Waals surface area contributed by atoms with E-state index in [1.54, 1.807) is 6.26 Å². The summed E-state index contributed by atoms with van der Waals surface area (Å²) in [5.41, 5.74) is -0.0788. The molecule has 0 radical (unpaired) electrons. The molecule has 5 heteroatoms. The van der Waals surface area contributed by atoms with Crippen molar-refractivity contribution >= 4 is 15.4 Å². The van der Waals surface area contributed by atoms with Crippen LogP contribution in [0.1, 0.15) is 32.4 Å². The maximum Gasteiger partial charge on any atom is 0.156 e. The van der Waals surface area contributed by atoms with Crippen LogP contribution in [0.15, 0.2) is 0 Å². The molecule has 0 aromatic carbocycles. The van der Waals surface area contributed by atoms with Crippen LogP contribution in [0.2, 0.25) is 0 Å². The second kappa shape index (κ2) is 3.38. The van der Waals surface area contributed by atoms with Crippen molar-refractivity contribution < 1.29 is 4.21 Å². The van der Waals surface area contributed by atoms with Gasteiger partial charge in [0.1, 0.15) is 5.82 Å². The van der Waals surface area contributed by atoms with Crippen LogP contribution in [-0.4, -0.2) is 31.5 Å². The van der Waals surface area contributed by atoms with Crippen molar-refractivity contribution in [3.8, 4) is 0 Å². The topological polar surface area (TPSA) is 58.6 Å². The summed E-state index contributed by atoms with van der Waals surface area (Å²) in [6.45, 7) is 6.11. The summed E-state index contributed by atoms with van der Waals surface area (Å²) in [5, 5.41) is 6.87. The van der Waals surface area contributed by atoms with Gasteiger partial charge in [0.05, 0.1) is 5.75 Å². The molecule has 1 aromatic rings. The minimum atomic E-state index is -2.04. The summed E-state index contributed by atoms with van der Waals surface area (Å²) in [6.07, 6.45) is 1.62. The fourth-order valence-electron chi connectivity index (χ4n) is 0.984. The third-order valence-corrected chi connectivity index (χ3v) is 2.53. The number of nitrogens with one attached hydrogen (secondary N) is 1. The summed E-state index contributed by atoms with van der Waals surface area (Å²) in [5.74, 6) is 5.33. The first kappa shape index (κ1) is 11.2. The summed E-state index contributed by atoms with van der Waals surface area (Å²) in [4.78, 5) is 4.28. The lowest BCUT2D eigenvalue weighted by molar-refractivity contribution is 0.548. The average molecular weight is 215 g/mol. The number of aromatic nitrogens is 3. The van der Waals surface area contributed by atoms with E-state index in [9.17, 15) is 4.21 Å². The number of H-pyrrole nitrogens is 1. The van der Waals surface area contributed by atoms with Crippen LogP contribution >= 0.6 is 0 Å². The van der Waals surface area contributed by atoms with Gasteiger partial charge in [-0.1, -0.05) is 20.8 Å². The van der Waals surface area contributed by atoms with E-state index >= 15 is 0 Å². The Kier molecular flexibility index (Phi) is 2.71. The minimum absolute atomic E-state index is 0.0788. The third kappa shape index (κ3) is 3.14. The summed E-state index contributed by atoms with van der Waals surface area (Å²) >= 11 is 0. The standard InChI is InChI=1S/C9H17N3OS/c1-9(2,3)8-10-7(11-12-8)6-14(4,5)13/h4,6H2,1-3,5H3,(H,10,11,12). The highest BCUT2D eigenvalue weighted by Crippen LogP contribution is 2.17. The number of hydrogen-bond donors (Lipinski definition) is 1. The molecular formula is C9H17N3OS. The first-order chi connectivity index (χ1) is 6.18. The van der Waals surface area contributed by atoms with Crippen molar-refractivity contribution in [3.63, 3.8) is 0 Å². The number of hydrogen-bond acceptors (Lipinski definition) is 3. The lowest BCUT2D eigenvalue weighted by atomic mass is 9.96. The van der Waals surface area contributed by atoms with Gasteiger partial charge in [-0.3, -0.25) is 9.31 Å². The zero-order valence-electron chi connectivity index (χ0n) is 9.13. The Morgan fingerprint density at radius 1 is 1.50 bits per heavy atom. The molecule has 1 rings (SSSR count). The summed E-state index contributed by atoms with van der Waals surface area (Å²) in [7, 11) is -2.04. The molecule has 1 unspecified atom stereocenters. The molecule has 1 N–H and O–H groups in total. The van der Waals surface area contributed by atoms with Crippen molar-refractivity contribution in [1.29, 1.82) is 0 Å². The second-order valence-corrected chi connectivity index (χ2v) is 7.34. The van der Waals surface area contributed by atoms with Gasteiger partial charge >= 0.3 is 0 Å². The van der Waals surface area contributed by atoms with Crippen molar-refractivity contribution in [1.82, 2.24) is 15.2 Å². The molecule has 0 bridgehead atoms. The Hall–Kier alpha value is -0.840. The molecule has 1 aromatic heterocycles. The van der Waals surface area contributed by atoms with E-state index in [-0.39, 0.29) is 5.41 Å². The highest BCUT2D eigenvalue weighted by Gasteiger charge is 2.19. The largest absolute Gasteiger partial charge is 0.268 e. The first-order valence-electron chi connectivity index (χ1n) is 4.40. The predicted octanol–water partition coefficient (Wildman–Crippen LogP) is 0.948. The van der Waals surface area contributed by atoms with E-state index in [4.69, 9.17) is 0 Å². The molecule has 0 amide bonds. The summed E-state index contributed by atoms with van der Waals surface area (Å²) < 4.78 is 11.4. The lowest BCUT2D eigenvalue weighted by Crippen LogP contribution is -2.13. The normalized spacial score (nSPS) is 16.6. The van der Waals surface area contributed by atoms with Gasteiger partial charge in [0.15, 0.2) is 5.82 Å². The Labute approximate surface area is 85.1 Å². The van der Waals surface area contributed by atoms with Gasteiger partial charge in [-0.25, -0.2) is 4.98 Å². The van der Waals surface area contributed by atoms with Gasteiger partial charge in [-0.05, 0) is 15.4 Å². The van der Waals surface area contributed by atoms with E-state index < -0.39 is 9.52 Å². The van der Waals surface area contributed by atoms with Crippen LogP contribution in [-0.2, 0) is 20.7 Å². The molecule has 4 nitrogen and oxygen atoms in total. The molecule has 0 saturated carbocycles. The Bertz CT molecular complexity index is 412. The quantitative estimate of drug-likeness (QED) is 0.747. The smallest absolute Gasteiger partial charge is 0.156 e. The highest BCUT2D eigenvalue weighted by atomic mass is 32.2. The fraction of sp³-hybridized carbons (Fsp3) is 0.667. The average Bonchev–Trinajstić information content (AvgIpc) is 2.29. The zero-order valence-corrected chi connectivity index (χ0v) is 9.94. The SMILES string of the molecule is C=S(C)(=O)Cc1nc(C(C)(C)C)n[nH]1. The molecule has 0 aliphatic carbocycles. The Morgan fingerprint density at radius 2 is 2.07 bits per heavy atom. The van der Waals surface area contributed by atoms with Crippen LogP contribution in [0.25, 0.3) is 0 Å². The number of nitrogens with zero attached hydrogens (tertiary/aromatic N) is 2. The van der Waals surface area contributed by atoms with Gasteiger partial charge in [-0.2, -0.15) is 5.10 Å². The molecular weight excluding hydrogens is 198 g/mol. The van der Waals surface area contributed by atoms with E-state index in [2.05, 4.69) is 21.1 Å². The first-order valence-corrected chi connectivity index (χ1v) is 6.70. The fourth-order valence-corrected chi connectivity index (χ4v) is 1.69. The third-order valence-electron chi connectivity index (χ3n) is 1.64.